The lowest BCUT2D eigenvalue weighted by atomic mass is 10.1. The highest BCUT2D eigenvalue weighted by Crippen LogP contribution is 2.28. The van der Waals surface area contributed by atoms with Gasteiger partial charge in [0.05, 0.1) is 11.2 Å². The second-order valence-electron chi connectivity index (χ2n) is 8.72. The Morgan fingerprint density at radius 3 is 2.39 bits per heavy atom. The number of rotatable bonds is 6. The minimum Gasteiger partial charge on any atom is -0.324 e. The number of amides is 1. The van der Waals surface area contributed by atoms with Gasteiger partial charge in [-0.2, -0.15) is 0 Å². The maximum absolute atomic E-state index is 13.0. The largest absolute Gasteiger partial charge is 0.324 e. The minimum absolute atomic E-state index is 0.221. The molecule has 0 spiro atoms. The summed E-state index contributed by atoms with van der Waals surface area (Å²) in [5, 5.41) is 21.1. The van der Waals surface area contributed by atoms with Crippen LogP contribution in [0.2, 0.25) is 0 Å². The molecule has 6 rings (SSSR count). The van der Waals surface area contributed by atoms with Crippen molar-refractivity contribution < 1.29 is 4.79 Å². The van der Waals surface area contributed by atoms with Gasteiger partial charge >= 0.3 is 0 Å². The number of H-pyrrole nitrogens is 1. The molecule has 0 atom stereocenters. The molecule has 38 heavy (non-hydrogen) atoms. The Balaban J connectivity index is 1.22. The number of nitrogens with zero attached hydrogens (tertiary/aromatic N) is 5. The summed E-state index contributed by atoms with van der Waals surface area (Å²) < 4.78 is 0. The van der Waals surface area contributed by atoms with Crippen LogP contribution < -0.4 is 10.6 Å². The average molecular weight is 499 g/mol. The molecule has 0 aliphatic rings. The number of nitrogens with one attached hydrogen (secondary N) is 3. The zero-order valence-corrected chi connectivity index (χ0v) is 20.4. The minimum atomic E-state index is -0.221. The number of anilines is 3. The molecule has 9 nitrogen and oxygen atoms in total. The van der Waals surface area contributed by atoms with E-state index < -0.39 is 0 Å². The van der Waals surface area contributed by atoms with Crippen molar-refractivity contribution in [2.45, 2.75) is 6.92 Å². The highest BCUT2D eigenvalue weighted by atomic mass is 16.1. The fourth-order valence-electron chi connectivity index (χ4n) is 4.16. The van der Waals surface area contributed by atoms with Crippen molar-refractivity contribution in [3.63, 3.8) is 0 Å². The number of aromatic nitrogens is 6. The van der Waals surface area contributed by atoms with Crippen LogP contribution in [0.25, 0.3) is 33.5 Å². The first-order valence-electron chi connectivity index (χ1n) is 12.0. The molecule has 0 aliphatic carbocycles. The predicted molar refractivity (Wildman–Crippen MR) is 147 cm³/mol. The molecule has 0 unspecified atom stereocenters. The van der Waals surface area contributed by atoms with Crippen LogP contribution in [-0.4, -0.2) is 36.5 Å². The van der Waals surface area contributed by atoms with Crippen molar-refractivity contribution >= 4 is 34.1 Å². The van der Waals surface area contributed by atoms with Gasteiger partial charge in [0, 0.05) is 33.5 Å². The smallest absolute Gasteiger partial charge is 0.255 e. The van der Waals surface area contributed by atoms with Gasteiger partial charge < -0.3 is 10.6 Å². The normalized spacial score (nSPS) is 10.9. The Labute approximate surface area is 218 Å². The van der Waals surface area contributed by atoms with Crippen LogP contribution in [0.5, 0.6) is 0 Å². The van der Waals surface area contributed by atoms with Gasteiger partial charge in [-0.05, 0) is 59.3 Å². The van der Waals surface area contributed by atoms with Crippen LogP contribution in [0.1, 0.15) is 15.9 Å². The quantitative estimate of drug-likeness (QED) is 0.266. The monoisotopic (exact) mass is 498 g/mol. The number of carbonyl (C=O) groups excluding carboxylic acids is 1. The number of aryl methyl sites for hydroxylation is 1. The highest BCUT2D eigenvalue weighted by Gasteiger charge is 2.12. The van der Waals surface area contributed by atoms with E-state index in [1.165, 1.54) is 0 Å². The van der Waals surface area contributed by atoms with Crippen molar-refractivity contribution in [3.8, 4) is 22.6 Å². The molecular weight excluding hydrogens is 476 g/mol. The van der Waals surface area contributed by atoms with Gasteiger partial charge in [0.2, 0.25) is 5.95 Å². The topological polar surface area (TPSA) is 121 Å². The van der Waals surface area contributed by atoms with Gasteiger partial charge in [0.1, 0.15) is 0 Å². The predicted octanol–water partition coefficient (Wildman–Crippen LogP) is 5.78. The lowest BCUT2D eigenvalue weighted by Crippen LogP contribution is -2.13. The van der Waals surface area contributed by atoms with Gasteiger partial charge in [-0.1, -0.05) is 60.7 Å². The van der Waals surface area contributed by atoms with Crippen LogP contribution in [0.15, 0.2) is 97.1 Å². The summed E-state index contributed by atoms with van der Waals surface area (Å²) in [5.41, 5.74) is 6.39. The molecular formula is C29H22N8O. The Bertz CT molecular complexity index is 1730. The highest BCUT2D eigenvalue weighted by molar-refractivity contribution is 6.05. The molecule has 0 saturated carbocycles. The summed E-state index contributed by atoms with van der Waals surface area (Å²) in [5.74, 6) is 0.789. The zero-order chi connectivity index (χ0) is 25.9. The van der Waals surface area contributed by atoms with E-state index in [9.17, 15) is 4.79 Å². The van der Waals surface area contributed by atoms with Gasteiger partial charge in [0.25, 0.3) is 5.91 Å². The standard InChI is InChI=1S/C29H22N8O/c1-18-11-12-21(27-34-36-37-35-27)17-25(18)31-28(38)20-13-15-22(16-14-20)30-29-32-24-10-6-5-9-23(24)26(33-29)19-7-3-2-4-8-19/h2-17H,1H3,(H,31,38)(H,30,32,33)(H,34,35,36,37). The Morgan fingerprint density at radius 2 is 1.61 bits per heavy atom. The van der Waals surface area contributed by atoms with E-state index in [-0.39, 0.29) is 5.91 Å². The van der Waals surface area contributed by atoms with Crippen molar-refractivity contribution in [1.29, 1.82) is 0 Å². The zero-order valence-electron chi connectivity index (χ0n) is 20.4. The third kappa shape index (κ3) is 4.68. The van der Waals surface area contributed by atoms with E-state index in [1.807, 2.05) is 91.9 Å². The fraction of sp³-hybridized carbons (Fsp3) is 0.0345. The maximum Gasteiger partial charge on any atom is 0.255 e. The van der Waals surface area contributed by atoms with E-state index in [0.717, 1.165) is 39.0 Å². The van der Waals surface area contributed by atoms with E-state index in [4.69, 9.17) is 9.97 Å². The molecule has 0 bridgehead atoms. The molecule has 0 saturated heterocycles. The molecule has 3 N–H and O–H groups in total. The van der Waals surface area contributed by atoms with E-state index >= 15 is 0 Å². The Hall–Kier alpha value is -5.44. The molecule has 0 radical (unpaired) electrons. The van der Waals surface area contributed by atoms with Crippen molar-refractivity contribution in [3.05, 3.63) is 108 Å². The molecule has 2 aromatic heterocycles. The number of para-hydroxylation sites is 1. The summed E-state index contributed by atoms with van der Waals surface area (Å²) in [6.07, 6.45) is 0. The number of tetrazole rings is 1. The molecule has 0 fully saturated rings. The van der Waals surface area contributed by atoms with Crippen molar-refractivity contribution in [2.24, 2.45) is 0 Å². The molecule has 0 aliphatic heterocycles. The molecule has 2 heterocycles. The Morgan fingerprint density at radius 1 is 0.816 bits per heavy atom. The maximum atomic E-state index is 13.0. The molecule has 6 aromatic rings. The second-order valence-corrected chi connectivity index (χ2v) is 8.72. The number of carbonyl (C=O) groups is 1. The Kier molecular flexibility index (Phi) is 5.99. The van der Waals surface area contributed by atoms with Gasteiger partial charge in [0.15, 0.2) is 5.82 Å². The first kappa shape index (κ1) is 23.0. The van der Waals surface area contributed by atoms with Crippen LogP contribution in [0.4, 0.5) is 17.3 Å². The number of hydrogen-bond donors (Lipinski definition) is 3. The fourth-order valence-corrected chi connectivity index (χ4v) is 4.16. The third-order valence-electron chi connectivity index (χ3n) is 6.16. The number of hydrogen-bond acceptors (Lipinski definition) is 7. The lowest BCUT2D eigenvalue weighted by molar-refractivity contribution is 0.102. The summed E-state index contributed by atoms with van der Waals surface area (Å²) in [6, 6.07) is 30.8. The molecule has 184 valence electrons. The molecule has 1 amide bonds. The van der Waals surface area contributed by atoms with Crippen LogP contribution in [0, 0.1) is 6.92 Å². The van der Waals surface area contributed by atoms with Crippen LogP contribution >= 0.6 is 0 Å². The van der Waals surface area contributed by atoms with E-state index in [0.29, 0.717) is 23.0 Å². The van der Waals surface area contributed by atoms with Crippen LogP contribution in [0.3, 0.4) is 0 Å². The summed E-state index contributed by atoms with van der Waals surface area (Å²) in [7, 11) is 0. The van der Waals surface area contributed by atoms with E-state index in [2.05, 4.69) is 31.3 Å². The number of fused-ring (bicyclic) bond motifs is 1. The van der Waals surface area contributed by atoms with Gasteiger partial charge in [-0.25, -0.2) is 15.1 Å². The second kappa shape index (κ2) is 9.90. The SMILES string of the molecule is Cc1ccc(-c2nnn[nH]2)cc1NC(=O)c1ccc(Nc2nc(-c3ccccc3)c3ccccc3n2)cc1. The summed E-state index contributed by atoms with van der Waals surface area (Å²) in [4.78, 5) is 22.5. The molecule has 9 heteroatoms. The first-order chi connectivity index (χ1) is 18.6. The van der Waals surface area contributed by atoms with Crippen molar-refractivity contribution in [1.82, 2.24) is 30.6 Å². The first-order valence-corrected chi connectivity index (χ1v) is 12.0. The molecule has 4 aromatic carbocycles. The third-order valence-corrected chi connectivity index (χ3v) is 6.16. The van der Waals surface area contributed by atoms with Crippen molar-refractivity contribution in [2.75, 3.05) is 10.6 Å². The average Bonchev–Trinajstić information content (AvgIpc) is 3.50. The summed E-state index contributed by atoms with van der Waals surface area (Å²) >= 11 is 0. The summed E-state index contributed by atoms with van der Waals surface area (Å²) in [6.45, 7) is 1.93. The van der Waals surface area contributed by atoms with Crippen LogP contribution in [-0.2, 0) is 0 Å². The number of aromatic amines is 1. The lowest BCUT2D eigenvalue weighted by Gasteiger charge is -2.12. The number of benzene rings is 4. The van der Waals surface area contributed by atoms with E-state index in [1.54, 1.807) is 12.1 Å². The van der Waals surface area contributed by atoms with Gasteiger partial charge in [-0.15, -0.1) is 5.10 Å². The van der Waals surface area contributed by atoms with Gasteiger partial charge in [-0.3, -0.25) is 4.79 Å².